The van der Waals surface area contributed by atoms with Gasteiger partial charge in [-0.25, -0.2) is 4.79 Å². The number of nitrogen functional groups attached to an aromatic ring is 1. The number of rotatable bonds is 3. The molecule has 1 fully saturated rings. The quantitative estimate of drug-likeness (QED) is 0.685. The van der Waals surface area contributed by atoms with E-state index in [4.69, 9.17) is 10.5 Å². The van der Waals surface area contributed by atoms with Gasteiger partial charge in [0.2, 0.25) is 0 Å². The standard InChI is InChI=1S/C17H26N2O2/c1-5-21-17(20)15-9-14(6-7-16(15)18)19-10-11(2)8-12(3)13(19)4/h6-7,9,11-13H,5,8,10,18H2,1-4H3. The van der Waals surface area contributed by atoms with Gasteiger partial charge in [0.15, 0.2) is 0 Å². The van der Waals surface area contributed by atoms with Crippen molar-refractivity contribution in [3.8, 4) is 0 Å². The number of hydrogen-bond donors (Lipinski definition) is 1. The summed E-state index contributed by atoms with van der Waals surface area (Å²) in [4.78, 5) is 14.4. The predicted molar refractivity (Wildman–Crippen MR) is 86.6 cm³/mol. The van der Waals surface area contributed by atoms with Gasteiger partial charge in [-0.3, -0.25) is 0 Å². The van der Waals surface area contributed by atoms with Crippen molar-refractivity contribution in [1.29, 1.82) is 0 Å². The Hall–Kier alpha value is -1.71. The van der Waals surface area contributed by atoms with Gasteiger partial charge in [0.1, 0.15) is 0 Å². The summed E-state index contributed by atoms with van der Waals surface area (Å²) in [6.45, 7) is 9.98. The van der Waals surface area contributed by atoms with Crippen molar-refractivity contribution < 1.29 is 9.53 Å². The normalized spacial score (nSPS) is 25.7. The molecule has 3 atom stereocenters. The van der Waals surface area contributed by atoms with Gasteiger partial charge in [-0.2, -0.15) is 0 Å². The topological polar surface area (TPSA) is 55.6 Å². The first kappa shape index (κ1) is 15.7. The molecule has 1 aromatic rings. The molecule has 0 amide bonds. The number of benzene rings is 1. The molecule has 1 heterocycles. The summed E-state index contributed by atoms with van der Waals surface area (Å²) in [5.74, 6) is 0.944. The molecule has 2 rings (SSSR count). The molecule has 116 valence electrons. The second kappa shape index (κ2) is 6.37. The van der Waals surface area contributed by atoms with Crippen LogP contribution in [-0.4, -0.2) is 25.2 Å². The minimum atomic E-state index is -0.345. The van der Waals surface area contributed by atoms with E-state index >= 15 is 0 Å². The Morgan fingerprint density at radius 3 is 2.76 bits per heavy atom. The van der Waals surface area contributed by atoms with Crippen LogP contribution >= 0.6 is 0 Å². The summed E-state index contributed by atoms with van der Waals surface area (Å²) in [5, 5.41) is 0. The summed E-state index contributed by atoms with van der Waals surface area (Å²) in [5.41, 5.74) is 7.91. The van der Waals surface area contributed by atoms with E-state index in [-0.39, 0.29) is 5.97 Å². The van der Waals surface area contributed by atoms with Gasteiger partial charge in [0.05, 0.1) is 12.2 Å². The molecular formula is C17H26N2O2. The zero-order chi connectivity index (χ0) is 15.6. The Morgan fingerprint density at radius 1 is 1.38 bits per heavy atom. The molecule has 1 aromatic carbocycles. The number of anilines is 2. The molecule has 0 aromatic heterocycles. The molecule has 0 bridgehead atoms. The molecule has 2 N–H and O–H groups in total. The van der Waals surface area contributed by atoms with E-state index in [1.54, 1.807) is 13.0 Å². The number of nitrogens with zero attached hydrogens (tertiary/aromatic N) is 1. The van der Waals surface area contributed by atoms with E-state index in [9.17, 15) is 4.79 Å². The zero-order valence-electron chi connectivity index (χ0n) is 13.4. The first-order valence-corrected chi connectivity index (χ1v) is 7.77. The molecule has 4 nitrogen and oxygen atoms in total. The van der Waals surface area contributed by atoms with Crippen molar-refractivity contribution in [2.24, 2.45) is 11.8 Å². The molecule has 1 aliphatic rings. The number of piperidine rings is 1. The highest BCUT2D eigenvalue weighted by molar-refractivity contribution is 5.96. The Labute approximate surface area is 127 Å². The number of carbonyl (C=O) groups is 1. The van der Waals surface area contributed by atoms with E-state index in [2.05, 4.69) is 25.7 Å². The first-order valence-electron chi connectivity index (χ1n) is 7.77. The predicted octanol–water partition coefficient (Wildman–Crippen LogP) is 3.32. The third-order valence-electron chi connectivity index (χ3n) is 4.46. The molecule has 0 aliphatic carbocycles. The Bertz CT molecular complexity index is 516. The van der Waals surface area contributed by atoms with Crippen molar-refractivity contribution in [3.63, 3.8) is 0 Å². The molecule has 1 aliphatic heterocycles. The number of nitrogens with two attached hydrogens (primary N) is 1. The van der Waals surface area contributed by atoms with Crippen LogP contribution in [0.1, 0.15) is 44.5 Å². The van der Waals surface area contributed by atoms with Crippen LogP contribution in [0.25, 0.3) is 0 Å². The number of hydrogen-bond acceptors (Lipinski definition) is 4. The molecule has 1 saturated heterocycles. The second-order valence-electron chi connectivity index (χ2n) is 6.20. The third kappa shape index (κ3) is 3.31. The lowest BCUT2D eigenvalue weighted by atomic mass is 9.85. The van der Waals surface area contributed by atoms with Crippen LogP contribution in [0.5, 0.6) is 0 Å². The average Bonchev–Trinajstić information content (AvgIpc) is 2.43. The fourth-order valence-electron chi connectivity index (χ4n) is 3.16. The van der Waals surface area contributed by atoms with Crippen LogP contribution in [-0.2, 0) is 4.74 Å². The Morgan fingerprint density at radius 2 is 2.10 bits per heavy atom. The SMILES string of the molecule is CCOC(=O)c1cc(N2CC(C)CC(C)C2C)ccc1N. The highest BCUT2D eigenvalue weighted by Gasteiger charge is 2.29. The van der Waals surface area contributed by atoms with Gasteiger partial charge in [0.25, 0.3) is 0 Å². The average molecular weight is 290 g/mol. The number of ether oxygens (including phenoxy) is 1. The lowest BCUT2D eigenvalue weighted by molar-refractivity contribution is 0.0527. The van der Waals surface area contributed by atoms with Gasteiger partial charge in [-0.15, -0.1) is 0 Å². The third-order valence-corrected chi connectivity index (χ3v) is 4.46. The van der Waals surface area contributed by atoms with Crippen molar-refractivity contribution in [2.75, 3.05) is 23.8 Å². The lowest BCUT2D eigenvalue weighted by Gasteiger charge is -2.42. The van der Waals surface area contributed by atoms with Crippen molar-refractivity contribution in [2.45, 2.75) is 40.2 Å². The fraction of sp³-hybridized carbons (Fsp3) is 0.588. The lowest BCUT2D eigenvalue weighted by Crippen LogP contribution is -2.45. The zero-order valence-corrected chi connectivity index (χ0v) is 13.4. The summed E-state index contributed by atoms with van der Waals surface area (Å²) in [6, 6.07) is 6.13. The summed E-state index contributed by atoms with van der Waals surface area (Å²) >= 11 is 0. The maximum Gasteiger partial charge on any atom is 0.340 e. The molecule has 4 heteroatoms. The molecular weight excluding hydrogens is 264 g/mol. The van der Waals surface area contributed by atoms with Gasteiger partial charge >= 0.3 is 5.97 Å². The van der Waals surface area contributed by atoms with Gasteiger partial charge in [0, 0.05) is 24.0 Å². The molecule has 0 radical (unpaired) electrons. The molecule has 3 unspecified atom stereocenters. The van der Waals surface area contributed by atoms with Gasteiger partial charge < -0.3 is 15.4 Å². The van der Waals surface area contributed by atoms with Crippen molar-refractivity contribution in [1.82, 2.24) is 0 Å². The van der Waals surface area contributed by atoms with Crippen LogP contribution in [0.4, 0.5) is 11.4 Å². The Balaban J connectivity index is 2.31. The number of esters is 1. The summed E-state index contributed by atoms with van der Waals surface area (Å²) < 4.78 is 5.08. The van der Waals surface area contributed by atoms with Crippen LogP contribution in [0, 0.1) is 11.8 Å². The van der Waals surface area contributed by atoms with E-state index in [1.807, 2.05) is 12.1 Å². The highest BCUT2D eigenvalue weighted by Crippen LogP contribution is 2.32. The van der Waals surface area contributed by atoms with E-state index in [1.165, 1.54) is 6.42 Å². The van der Waals surface area contributed by atoms with Crippen molar-refractivity contribution >= 4 is 17.3 Å². The molecule has 21 heavy (non-hydrogen) atoms. The van der Waals surface area contributed by atoms with Gasteiger partial charge in [-0.1, -0.05) is 13.8 Å². The maximum atomic E-state index is 12.0. The van der Waals surface area contributed by atoms with Crippen LogP contribution < -0.4 is 10.6 Å². The van der Waals surface area contributed by atoms with Crippen LogP contribution in [0.3, 0.4) is 0 Å². The van der Waals surface area contributed by atoms with Gasteiger partial charge in [-0.05, 0) is 50.3 Å². The van der Waals surface area contributed by atoms with Crippen molar-refractivity contribution in [3.05, 3.63) is 23.8 Å². The minimum absolute atomic E-state index is 0.345. The monoisotopic (exact) mass is 290 g/mol. The minimum Gasteiger partial charge on any atom is -0.462 e. The Kier molecular flexibility index (Phi) is 4.76. The summed E-state index contributed by atoms with van der Waals surface area (Å²) in [6.07, 6.45) is 1.25. The molecule has 0 spiro atoms. The fourth-order valence-corrected chi connectivity index (χ4v) is 3.16. The van der Waals surface area contributed by atoms with E-state index in [0.29, 0.717) is 35.7 Å². The maximum absolute atomic E-state index is 12.0. The largest absolute Gasteiger partial charge is 0.462 e. The van der Waals surface area contributed by atoms with Crippen LogP contribution in [0.2, 0.25) is 0 Å². The molecule has 0 saturated carbocycles. The first-order chi connectivity index (χ1) is 9.93. The smallest absolute Gasteiger partial charge is 0.340 e. The van der Waals surface area contributed by atoms with Crippen LogP contribution in [0.15, 0.2) is 18.2 Å². The summed E-state index contributed by atoms with van der Waals surface area (Å²) in [7, 11) is 0. The van der Waals surface area contributed by atoms with E-state index in [0.717, 1.165) is 12.2 Å². The second-order valence-corrected chi connectivity index (χ2v) is 6.20. The highest BCUT2D eigenvalue weighted by atomic mass is 16.5. The van der Waals surface area contributed by atoms with E-state index < -0.39 is 0 Å². The number of carbonyl (C=O) groups excluding carboxylic acids is 1.